The molecule has 3 amide bonds. The van der Waals surface area contributed by atoms with E-state index in [-0.39, 0.29) is 24.0 Å². The van der Waals surface area contributed by atoms with Crippen molar-refractivity contribution in [2.24, 2.45) is 0 Å². The second-order valence-electron chi connectivity index (χ2n) is 8.54. The molecule has 0 aromatic rings. The molecule has 2 aliphatic rings. The molecule has 30 heavy (non-hydrogen) atoms. The van der Waals surface area contributed by atoms with Gasteiger partial charge in [0.25, 0.3) is 0 Å². The molecule has 0 aromatic carbocycles. The summed E-state index contributed by atoms with van der Waals surface area (Å²) < 4.78 is 0. The number of hydrogen-bond donors (Lipinski definition) is 4. The molecule has 8 heteroatoms. The maximum atomic E-state index is 11.9. The number of rotatable bonds is 17. The van der Waals surface area contributed by atoms with Crippen LogP contribution >= 0.6 is 11.8 Å². The van der Waals surface area contributed by atoms with E-state index < -0.39 is 5.97 Å². The lowest BCUT2D eigenvalue weighted by Gasteiger charge is -2.16. The van der Waals surface area contributed by atoms with Crippen molar-refractivity contribution in [2.75, 3.05) is 12.3 Å². The number of thioether (sulfide) groups is 1. The van der Waals surface area contributed by atoms with Crippen molar-refractivity contribution in [3.63, 3.8) is 0 Å². The van der Waals surface area contributed by atoms with E-state index >= 15 is 0 Å². The summed E-state index contributed by atoms with van der Waals surface area (Å²) in [5, 5.41) is 18.1. The smallest absolute Gasteiger partial charge is 0.315 e. The van der Waals surface area contributed by atoms with Gasteiger partial charge in [-0.1, -0.05) is 51.4 Å². The first-order chi connectivity index (χ1) is 14.6. The van der Waals surface area contributed by atoms with Crippen LogP contribution in [0.1, 0.15) is 89.9 Å². The molecule has 1 unspecified atom stereocenters. The fraction of sp³-hybridized carbons (Fsp3) is 0.864. The van der Waals surface area contributed by atoms with Crippen LogP contribution in [0, 0.1) is 0 Å². The van der Waals surface area contributed by atoms with Crippen molar-refractivity contribution in [2.45, 2.75) is 107 Å². The van der Waals surface area contributed by atoms with Gasteiger partial charge in [-0.15, -0.1) is 0 Å². The first-order valence-electron chi connectivity index (χ1n) is 11.7. The van der Waals surface area contributed by atoms with Gasteiger partial charge in [0.15, 0.2) is 0 Å². The third-order valence-corrected chi connectivity index (χ3v) is 7.48. The third kappa shape index (κ3) is 10.0. The van der Waals surface area contributed by atoms with Crippen LogP contribution < -0.4 is 16.0 Å². The normalized spacial score (nSPS) is 22.4. The lowest BCUT2D eigenvalue weighted by molar-refractivity contribution is -0.137. The zero-order valence-corrected chi connectivity index (χ0v) is 18.9. The molecule has 0 aromatic heterocycles. The fourth-order valence-corrected chi connectivity index (χ4v) is 5.77. The van der Waals surface area contributed by atoms with Gasteiger partial charge in [-0.3, -0.25) is 9.59 Å². The molecular formula is C22H39N3O4S. The first kappa shape index (κ1) is 24.8. The summed E-state index contributed by atoms with van der Waals surface area (Å²) in [4.78, 5) is 33.8. The van der Waals surface area contributed by atoms with E-state index in [4.69, 9.17) is 5.11 Å². The van der Waals surface area contributed by atoms with Gasteiger partial charge in [0.1, 0.15) is 0 Å². The number of carboxylic acid groups (broad SMARTS) is 1. The Labute approximate surface area is 184 Å². The Morgan fingerprint density at radius 2 is 1.53 bits per heavy atom. The van der Waals surface area contributed by atoms with Gasteiger partial charge >= 0.3 is 12.0 Å². The third-order valence-electron chi connectivity index (χ3n) is 5.97. The Balaban J connectivity index is 1.32. The molecular weight excluding hydrogens is 402 g/mol. The lowest BCUT2D eigenvalue weighted by Crippen LogP contribution is -2.36. The summed E-state index contributed by atoms with van der Waals surface area (Å²) in [6.07, 6.45) is 13.9. The van der Waals surface area contributed by atoms with E-state index in [0.717, 1.165) is 63.7 Å². The number of amides is 3. The van der Waals surface area contributed by atoms with Gasteiger partial charge in [-0.2, -0.15) is 11.8 Å². The van der Waals surface area contributed by atoms with E-state index in [0.29, 0.717) is 18.1 Å². The Morgan fingerprint density at radius 1 is 0.900 bits per heavy atom. The highest BCUT2D eigenvalue weighted by Gasteiger charge is 2.42. The molecule has 2 aliphatic heterocycles. The van der Waals surface area contributed by atoms with Gasteiger partial charge in [-0.05, 0) is 25.7 Å². The summed E-state index contributed by atoms with van der Waals surface area (Å²) >= 11 is 1.93. The molecule has 7 nitrogen and oxygen atoms in total. The number of aliphatic carboxylic acids is 1. The highest BCUT2D eigenvalue weighted by Crippen LogP contribution is 2.33. The minimum Gasteiger partial charge on any atom is -0.481 e. The van der Waals surface area contributed by atoms with E-state index in [1.54, 1.807) is 0 Å². The molecule has 0 saturated carbocycles. The van der Waals surface area contributed by atoms with E-state index in [1.807, 2.05) is 11.8 Å². The minimum absolute atomic E-state index is 0.0392. The highest BCUT2D eigenvalue weighted by atomic mass is 32.2. The Bertz CT molecular complexity index is 546. The van der Waals surface area contributed by atoms with Crippen LogP contribution in [0.2, 0.25) is 0 Å². The van der Waals surface area contributed by atoms with Crippen molar-refractivity contribution in [1.82, 2.24) is 16.0 Å². The molecule has 2 fully saturated rings. The van der Waals surface area contributed by atoms with E-state index in [9.17, 15) is 14.4 Å². The number of carbonyl (C=O) groups excluding carboxylic acids is 2. The summed E-state index contributed by atoms with van der Waals surface area (Å²) in [5.74, 6) is 0.451. The molecule has 0 aliphatic carbocycles. The molecule has 0 spiro atoms. The van der Waals surface area contributed by atoms with Crippen molar-refractivity contribution >= 4 is 29.7 Å². The molecule has 0 radical (unpaired) electrons. The van der Waals surface area contributed by atoms with Gasteiger partial charge in [0.05, 0.1) is 12.1 Å². The number of carbonyl (C=O) groups is 3. The topological polar surface area (TPSA) is 108 Å². The van der Waals surface area contributed by atoms with Crippen molar-refractivity contribution < 1.29 is 19.5 Å². The first-order valence-corrected chi connectivity index (χ1v) is 12.8. The molecule has 172 valence electrons. The minimum atomic E-state index is -0.693. The summed E-state index contributed by atoms with van der Waals surface area (Å²) in [7, 11) is 0. The van der Waals surface area contributed by atoms with Crippen LogP contribution in [-0.2, 0) is 9.59 Å². The van der Waals surface area contributed by atoms with E-state index in [1.165, 1.54) is 25.7 Å². The van der Waals surface area contributed by atoms with Crippen molar-refractivity contribution in [1.29, 1.82) is 0 Å². The standard InChI is InChI=1S/C22H39N3O4S/c26-19(13-10-9-12-18-21-17(16-30-18)24-22(29)25-21)23-15-11-7-5-3-1-2-4-6-8-14-20(27)28/h17-18,21H,1-16H2,(H,23,26)(H,27,28)(H2,24,25,29)/t17-,18?,21-/m0/s1. The number of hydrogen-bond acceptors (Lipinski definition) is 4. The molecule has 4 N–H and O–H groups in total. The number of carboxylic acids is 1. The zero-order chi connectivity index (χ0) is 21.6. The summed E-state index contributed by atoms with van der Waals surface area (Å²) in [5.41, 5.74) is 0. The molecule has 2 rings (SSSR count). The zero-order valence-electron chi connectivity index (χ0n) is 18.1. The molecule has 2 heterocycles. The molecule has 2 saturated heterocycles. The molecule has 0 bridgehead atoms. The van der Waals surface area contributed by atoms with Crippen LogP contribution in [0.4, 0.5) is 4.79 Å². The Morgan fingerprint density at radius 3 is 2.23 bits per heavy atom. The predicted octanol–water partition coefficient (Wildman–Crippen LogP) is 3.81. The van der Waals surface area contributed by atoms with E-state index in [2.05, 4.69) is 16.0 Å². The quantitative estimate of drug-likeness (QED) is 0.203. The van der Waals surface area contributed by atoms with Crippen LogP contribution in [0.15, 0.2) is 0 Å². The maximum Gasteiger partial charge on any atom is 0.315 e. The number of fused-ring (bicyclic) bond motifs is 1. The SMILES string of the molecule is O=C(O)CCCCCCCCCCCNC(=O)CCCCC1SC[C@@H]2NC(=O)N[C@H]12. The van der Waals surface area contributed by atoms with Gasteiger partial charge < -0.3 is 21.1 Å². The van der Waals surface area contributed by atoms with Crippen LogP contribution in [0.3, 0.4) is 0 Å². The van der Waals surface area contributed by atoms with Gasteiger partial charge in [-0.25, -0.2) is 4.79 Å². The Kier molecular flexibility index (Phi) is 12.0. The van der Waals surface area contributed by atoms with Crippen LogP contribution in [0.25, 0.3) is 0 Å². The number of unbranched alkanes of at least 4 members (excludes halogenated alkanes) is 9. The Hall–Kier alpha value is -1.44. The molecule has 3 atom stereocenters. The van der Waals surface area contributed by atoms with Crippen molar-refractivity contribution in [3.8, 4) is 0 Å². The van der Waals surface area contributed by atoms with Gasteiger partial charge in [0.2, 0.25) is 5.91 Å². The fourth-order valence-electron chi connectivity index (χ4n) is 4.23. The largest absolute Gasteiger partial charge is 0.481 e. The average Bonchev–Trinajstić information content (AvgIpc) is 3.25. The van der Waals surface area contributed by atoms with Crippen molar-refractivity contribution in [3.05, 3.63) is 0 Å². The second kappa shape index (κ2) is 14.5. The average molecular weight is 442 g/mol. The monoisotopic (exact) mass is 441 g/mol. The predicted molar refractivity (Wildman–Crippen MR) is 121 cm³/mol. The van der Waals surface area contributed by atoms with Gasteiger partial charge in [0, 0.05) is 30.4 Å². The second-order valence-corrected chi connectivity index (χ2v) is 9.82. The van der Waals surface area contributed by atoms with Crippen LogP contribution in [0.5, 0.6) is 0 Å². The number of urea groups is 1. The summed E-state index contributed by atoms with van der Waals surface area (Å²) in [6, 6.07) is 0.496. The maximum absolute atomic E-state index is 11.9. The number of nitrogens with one attached hydrogen (secondary N) is 3. The summed E-state index contributed by atoms with van der Waals surface area (Å²) in [6.45, 7) is 0.772. The van der Waals surface area contributed by atoms with Crippen LogP contribution in [-0.4, -0.2) is 52.6 Å². The lowest BCUT2D eigenvalue weighted by atomic mass is 10.0. The highest BCUT2D eigenvalue weighted by molar-refractivity contribution is 8.00.